The Hall–Kier alpha value is -0.750. The lowest BCUT2D eigenvalue weighted by atomic mass is 10.2. The number of fused-ring (bicyclic) bond motifs is 1. The topological polar surface area (TPSA) is 24.9 Å². The lowest BCUT2D eigenvalue weighted by Crippen LogP contribution is -2.20. The zero-order valence-corrected chi connectivity index (χ0v) is 14.3. The fourth-order valence-corrected chi connectivity index (χ4v) is 4.85. The van der Waals surface area contributed by atoms with Gasteiger partial charge in [-0.1, -0.05) is 12.1 Å². The second-order valence-electron chi connectivity index (χ2n) is 4.63. The summed E-state index contributed by atoms with van der Waals surface area (Å²) in [7, 11) is 0. The van der Waals surface area contributed by atoms with Crippen LogP contribution in [0.3, 0.4) is 0 Å². The van der Waals surface area contributed by atoms with Gasteiger partial charge < -0.3 is 5.32 Å². The number of benzene rings is 1. The summed E-state index contributed by atoms with van der Waals surface area (Å²) in [5, 5.41) is 6.89. The van der Waals surface area contributed by atoms with Crippen LogP contribution in [-0.2, 0) is 6.42 Å². The molecule has 0 amide bonds. The zero-order valence-electron chi connectivity index (χ0n) is 11.1. The van der Waals surface area contributed by atoms with Crippen molar-refractivity contribution < 1.29 is 0 Å². The van der Waals surface area contributed by atoms with Crippen molar-refractivity contribution in [2.24, 2.45) is 0 Å². The van der Waals surface area contributed by atoms with E-state index in [9.17, 15) is 0 Å². The fraction of sp³-hybridized carbons (Fsp3) is 0.267. The van der Waals surface area contributed by atoms with Crippen LogP contribution in [0, 0.1) is 0 Å². The number of nitrogens with one attached hydrogen (secondary N) is 1. The number of aromatic nitrogens is 1. The molecular formula is C15H15BrN2S2. The molecule has 1 atom stereocenters. The van der Waals surface area contributed by atoms with E-state index >= 15 is 0 Å². The van der Waals surface area contributed by atoms with E-state index in [-0.39, 0.29) is 0 Å². The van der Waals surface area contributed by atoms with Crippen LogP contribution in [0.2, 0.25) is 0 Å². The first-order valence-corrected chi connectivity index (χ1v) is 9.03. The molecular weight excluding hydrogens is 352 g/mol. The molecule has 5 heteroatoms. The largest absolute Gasteiger partial charge is 0.309 e. The first-order valence-electron chi connectivity index (χ1n) is 6.55. The summed E-state index contributed by atoms with van der Waals surface area (Å²) in [6, 6.07) is 10.8. The van der Waals surface area contributed by atoms with Gasteiger partial charge in [0.2, 0.25) is 0 Å². The summed E-state index contributed by atoms with van der Waals surface area (Å²) in [5.74, 6) is 0. The maximum atomic E-state index is 4.66. The van der Waals surface area contributed by atoms with Gasteiger partial charge in [-0.3, -0.25) is 0 Å². The second-order valence-corrected chi connectivity index (χ2v) is 7.55. The van der Waals surface area contributed by atoms with Gasteiger partial charge in [0, 0.05) is 28.4 Å². The molecule has 1 aromatic carbocycles. The predicted octanol–water partition coefficient (Wildman–Crippen LogP) is 5.01. The Morgan fingerprint density at radius 3 is 2.90 bits per heavy atom. The molecule has 0 aliphatic heterocycles. The highest BCUT2D eigenvalue weighted by atomic mass is 79.9. The Kier molecular flexibility index (Phi) is 4.51. The van der Waals surface area contributed by atoms with Crippen LogP contribution in [0.1, 0.15) is 22.9 Å². The molecule has 0 saturated heterocycles. The number of para-hydroxylation sites is 1. The lowest BCUT2D eigenvalue weighted by Gasteiger charge is -2.12. The summed E-state index contributed by atoms with van der Waals surface area (Å²) in [4.78, 5) is 6.02. The smallest absolute Gasteiger partial charge is 0.0951 e. The zero-order chi connectivity index (χ0) is 13.9. The molecule has 20 heavy (non-hydrogen) atoms. The van der Waals surface area contributed by atoms with Gasteiger partial charge in [0.1, 0.15) is 0 Å². The molecule has 0 bridgehead atoms. The van der Waals surface area contributed by atoms with E-state index < -0.39 is 0 Å². The maximum Gasteiger partial charge on any atom is 0.0951 e. The van der Waals surface area contributed by atoms with E-state index in [0.29, 0.717) is 6.04 Å². The highest BCUT2D eigenvalue weighted by Gasteiger charge is 2.10. The molecule has 104 valence electrons. The van der Waals surface area contributed by atoms with Gasteiger partial charge in [-0.25, -0.2) is 4.98 Å². The van der Waals surface area contributed by atoms with Gasteiger partial charge >= 0.3 is 0 Å². The maximum absolute atomic E-state index is 4.66. The van der Waals surface area contributed by atoms with E-state index in [4.69, 9.17) is 0 Å². The fourth-order valence-electron chi connectivity index (χ4n) is 2.13. The van der Waals surface area contributed by atoms with E-state index in [2.05, 4.69) is 62.8 Å². The SMILES string of the molecule is CC(NCCc1nc2ccccc2s1)c1sccc1Br. The van der Waals surface area contributed by atoms with Crippen LogP contribution >= 0.6 is 38.6 Å². The number of thiophene rings is 1. The number of thiazole rings is 1. The summed E-state index contributed by atoms with van der Waals surface area (Å²) in [6.45, 7) is 3.15. The highest BCUT2D eigenvalue weighted by molar-refractivity contribution is 9.10. The predicted molar refractivity (Wildman–Crippen MR) is 91.8 cm³/mol. The van der Waals surface area contributed by atoms with Gasteiger partial charge in [-0.15, -0.1) is 22.7 Å². The van der Waals surface area contributed by atoms with Crippen LogP contribution in [0.25, 0.3) is 10.2 Å². The van der Waals surface area contributed by atoms with Crippen molar-refractivity contribution in [1.29, 1.82) is 0 Å². The molecule has 0 fully saturated rings. The minimum atomic E-state index is 0.374. The lowest BCUT2D eigenvalue weighted by molar-refractivity contribution is 0.583. The number of hydrogen-bond acceptors (Lipinski definition) is 4. The molecule has 1 unspecified atom stereocenters. The van der Waals surface area contributed by atoms with Crippen molar-refractivity contribution in [3.05, 3.63) is 50.1 Å². The Morgan fingerprint density at radius 2 is 2.15 bits per heavy atom. The third-order valence-corrected chi connectivity index (χ3v) is 6.32. The molecule has 2 nitrogen and oxygen atoms in total. The van der Waals surface area contributed by atoms with Gasteiger partial charge in [0.15, 0.2) is 0 Å². The van der Waals surface area contributed by atoms with Crippen molar-refractivity contribution in [3.8, 4) is 0 Å². The van der Waals surface area contributed by atoms with Crippen LogP contribution in [0.4, 0.5) is 0 Å². The molecule has 0 saturated carbocycles. The van der Waals surface area contributed by atoms with Gasteiger partial charge in [-0.2, -0.15) is 0 Å². The minimum Gasteiger partial charge on any atom is -0.309 e. The molecule has 3 aromatic rings. The van der Waals surface area contributed by atoms with Crippen molar-refractivity contribution in [3.63, 3.8) is 0 Å². The van der Waals surface area contributed by atoms with Gasteiger partial charge in [-0.05, 0) is 46.4 Å². The van der Waals surface area contributed by atoms with Crippen molar-refractivity contribution in [2.45, 2.75) is 19.4 Å². The third-order valence-electron chi connectivity index (χ3n) is 3.17. The third kappa shape index (κ3) is 3.11. The van der Waals surface area contributed by atoms with Gasteiger partial charge in [0.05, 0.1) is 15.2 Å². The molecule has 0 radical (unpaired) electrons. The van der Waals surface area contributed by atoms with Crippen LogP contribution in [0.15, 0.2) is 40.2 Å². The highest BCUT2D eigenvalue weighted by Crippen LogP contribution is 2.28. The van der Waals surface area contributed by atoms with E-state index in [1.807, 2.05) is 6.07 Å². The van der Waals surface area contributed by atoms with Crippen molar-refractivity contribution in [2.75, 3.05) is 6.54 Å². The van der Waals surface area contributed by atoms with Crippen molar-refractivity contribution >= 4 is 48.8 Å². The quantitative estimate of drug-likeness (QED) is 0.685. The number of rotatable bonds is 5. The average molecular weight is 367 g/mol. The summed E-state index contributed by atoms with van der Waals surface area (Å²) >= 11 is 7.16. The summed E-state index contributed by atoms with van der Waals surface area (Å²) in [6.07, 6.45) is 0.979. The number of hydrogen-bond donors (Lipinski definition) is 1. The van der Waals surface area contributed by atoms with Crippen LogP contribution < -0.4 is 5.32 Å². The monoisotopic (exact) mass is 366 g/mol. The first-order chi connectivity index (χ1) is 9.74. The Morgan fingerprint density at radius 1 is 1.30 bits per heavy atom. The Bertz CT molecular complexity index is 672. The number of halogens is 1. The molecule has 0 aliphatic rings. The number of nitrogens with zero attached hydrogens (tertiary/aromatic N) is 1. The molecule has 0 aliphatic carbocycles. The Labute approximate surface area is 135 Å². The minimum absolute atomic E-state index is 0.374. The summed E-state index contributed by atoms with van der Waals surface area (Å²) < 4.78 is 2.47. The van der Waals surface area contributed by atoms with E-state index in [0.717, 1.165) is 18.5 Å². The average Bonchev–Trinajstić information content (AvgIpc) is 3.04. The van der Waals surface area contributed by atoms with E-state index in [1.165, 1.54) is 19.1 Å². The Balaban J connectivity index is 1.58. The first kappa shape index (κ1) is 14.2. The van der Waals surface area contributed by atoms with E-state index in [1.54, 1.807) is 22.7 Å². The van der Waals surface area contributed by atoms with Crippen LogP contribution in [0.5, 0.6) is 0 Å². The molecule has 0 spiro atoms. The second kappa shape index (κ2) is 6.35. The standard InChI is InChI=1S/C15H15BrN2S2/c1-10(15-11(16)7-9-19-15)17-8-6-14-18-12-4-2-3-5-13(12)20-14/h2-5,7,9-10,17H,6,8H2,1H3. The normalized spacial score (nSPS) is 12.9. The van der Waals surface area contributed by atoms with Gasteiger partial charge in [0.25, 0.3) is 0 Å². The van der Waals surface area contributed by atoms with Crippen molar-refractivity contribution in [1.82, 2.24) is 10.3 Å². The summed E-state index contributed by atoms with van der Waals surface area (Å²) in [5.41, 5.74) is 1.11. The van der Waals surface area contributed by atoms with Crippen LogP contribution in [-0.4, -0.2) is 11.5 Å². The molecule has 3 rings (SSSR count). The molecule has 2 heterocycles. The molecule has 1 N–H and O–H groups in total. The molecule has 2 aromatic heterocycles.